The Balaban J connectivity index is 1.44. The first-order chi connectivity index (χ1) is 13.1. The van der Waals surface area contributed by atoms with E-state index >= 15 is 0 Å². The van der Waals surface area contributed by atoms with E-state index in [1.165, 1.54) is 6.26 Å². The molecule has 0 unspecified atom stereocenters. The molecule has 1 aromatic heterocycles. The van der Waals surface area contributed by atoms with Crippen molar-refractivity contribution in [3.8, 4) is 0 Å². The van der Waals surface area contributed by atoms with Crippen molar-refractivity contribution < 1.29 is 9.21 Å². The van der Waals surface area contributed by atoms with Crippen LogP contribution in [-0.4, -0.2) is 17.6 Å². The third-order valence-electron chi connectivity index (χ3n) is 3.73. The van der Waals surface area contributed by atoms with E-state index in [0.717, 1.165) is 22.7 Å². The molecule has 0 radical (unpaired) electrons. The number of amides is 1. The van der Waals surface area contributed by atoms with Gasteiger partial charge in [-0.2, -0.15) is 0 Å². The summed E-state index contributed by atoms with van der Waals surface area (Å²) in [5, 5.41) is 10.3. The SMILES string of the molecule is O=C(Nc1ccc(NC(=S)NCCc2cccc(Cl)c2)cc1)c1ccco1. The minimum absolute atomic E-state index is 0.266. The lowest BCUT2D eigenvalue weighted by Gasteiger charge is -2.11. The molecule has 2 aromatic carbocycles. The number of halogens is 1. The standard InChI is InChI=1S/C20H18ClN3O2S/c21-15-4-1-3-14(13-15)10-11-22-20(27)24-17-8-6-16(7-9-17)23-19(25)18-5-2-12-26-18/h1-9,12-13H,10-11H2,(H,23,25)(H2,22,24,27). The Morgan fingerprint density at radius 3 is 2.41 bits per heavy atom. The molecule has 138 valence electrons. The summed E-state index contributed by atoms with van der Waals surface area (Å²) >= 11 is 11.3. The van der Waals surface area contributed by atoms with Gasteiger partial charge in [0, 0.05) is 22.9 Å². The molecule has 3 N–H and O–H groups in total. The normalized spacial score (nSPS) is 10.3. The van der Waals surface area contributed by atoms with Crippen LogP contribution in [0.3, 0.4) is 0 Å². The highest BCUT2D eigenvalue weighted by Crippen LogP contribution is 2.15. The van der Waals surface area contributed by atoms with Crippen LogP contribution in [0, 0.1) is 0 Å². The van der Waals surface area contributed by atoms with Gasteiger partial charge in [-0.1, -0.05) is 23.7 Å². The summed E-state index contributed by atoms with van der Waals surface area (Å²) in [5.41, 5.74) is 2.64. The van der Waals surface area contributed by atoms with Crippen LogP contribution >= 0.6 is 23.8 Å². The lowest BCUT2D eigenvalue weighted by atomic mass is 10.1. The predicted octanol–water partition coefficient (Wildman–Crippen LogP) is 4.71. The number of nitrogens with one attached hydrogen (secondary N) is 3. The van der Waals surface area contributed by atoms with Gasteiger partial charge < -0.3 is 20.4 Å². The van der Waals surface area contributed by atoms with Gasteiger partial charge in [-0.25, -0.2) is 0 Å². The number of carbonyl (C=O) groups excluding carboxylic acids is 1. The fraction of sp³-hybridized carbons (Fsp3) is 0.100. The fourth-order valence-corrected chi connectivity index (χ4v) is 2.86. The van der Waals surface area contributed by atoms with Crippen molar-refractivity contribution in [1.82, 2.24) is 5.32 Å². The highest BCUT2D eigenvalue weighted by molar-refractivity contribution is 7.80. The van der Waals surface area contributed by atoms with E-state index in [9.17, 15) is 4.79 Å². The molecule has 7 heteroatoms. The largest absolute Gasteiger partial charge is 0.459 e. The second-order valence-corrected chi connectivity index (χ2v) is 6.61. The highest BCUT2D eigenvalue weighted by Gasteiger charge is 2.08. The van der Waals surface area contributed by atoms with Crippen LogP contribution in [0.4, 0.5) is 11.4 Å². The van der Waals surface area contributed by atoms with Crippen molar-refractivity contribution >= 4 is 46.2 Å². The zero-order valence-corrected chi connectivity index (χ0v) is 15.9. The average molecular weight is 400 g/mol. The molecule has 0 saturated carbocycles. The Morgan fingerprint density at radius 1 is 1.00 bits per heavy atom. The molecule has 3 aromatic rings. The van der Waals surface area contributed by atoms with Gasteiger partial charge in [0.05, 0.1) is 6.26 Å². The van der Waals surface area contributed by atoms with Gasteiger partial charge in [0.2, 0.25) is 0 Å². The Labute approximate surface area is 167 Å². The van der Waals surface area contributed by atoms with Crippen molar-refractivity contribution in [2.45, 2.75) is 6.42 Å². The maximum atomic E-state index is 11.9. The lowest BCUT2D eigenvalue weighted by molar-refractivity contribution is 0.0996. The van der Waals surface area contributed by atoms with Crippen LogP contribution < -0.4 is 16.0 Å². The van der Waals surface area contributed by atoms with E-state index < -0.39 is 0 Å². The topological polar surface area (TPSA) is 66.3 Å². The average Bonchev–Trinajstić information content (AvgIpc) is 3.18. The lowest BCUT2D eigenvalue weighted by Crippen LogP contribution is -2.30. The van der Waals surface area contributed by atoms with Crippen molar-refractivity contribution in [3.05, 3.63) is 83.3 Å². The van der Waals surface area contributed by atoms with Gasteiger partial charge in [0.1, 0.15) is 0 Å². The first kappa shape index (κ1) is 18.9. The van der Waals surface area contributed by atoms with Gasteiger partial charge in [-0.15, -0.1) is 0 Å². The van der Waals surface area contributed by atoms with Gasteiger partial charge in [0.15, 0.2) is 10.9 Å². The van der Waals surface area contributed by atoms with Gasteiger partial charge >= 0.3 is 0 Å². The fourth-order valence-electron chi connectivity index (χ4n) is 2.43. The van der Waals surface area contributed by atoms with Crippen LogP contribution in [-0.2, 0) is 6.42 Å². The van der Waals surface area contributed by atoms with Crippen molar-refractivity contribution in [1.29, 1.82) is 0 Å². The third-order valence-corrected chi connectivity index (χ3v) is 4.22. The summed E-state index contributed by atoms with van der Waals surface area (Å²) in [6.45, 7) is 0.698. The van der Waals surface area contributed by atoms with E-state index in [1.807, 2.05) is 36.4 Å². The van der Waals surface area contributed by atoms with Crippen LogP contribution in [0.25, 0.3) is 0 Å². The third kappa shape index (κ3) is 5.84. The Morgan fingerprint density at radius 2 is 1.74 bits per heavy atom. The molecule has 1 amide bonds. The van der Waals surface area contributed by atoms with Crippen LogP contribution in [0.1, 0.15) is 16.1 Å². The first-order valence-corrected chi connectivity index (χ1v) is 9.13. The number of furan rings is 1. The van der Waals surface area contributed by atoms with E-state index in [-0.39, 0.29) is 11.7 Å². The number of hydrogen-bond acceptors (Lipinski definition) is 3. The van der Waals surface area contributed by atoms with Crippen molar-refractivity contribution in [2.24, 2.45) is 0 Å². The molecular weight excluding hydrogens is 382 g/mol. The van der Waals surface area contributed by atoms with E-state index in [2.05, 4.69) is 16.0 Å². The summed E-state index contributed by atoms with van der Waals surface area (Å²) < 4.78 is 5.06. The minimum Gasteiger partial charge on any atom is -0.459 e. The van der Waals surface area contributed by atoms with E-state index in [1.54, 1.807) is 24.3 Å². The van der Waals surface area contributed by atoms with Crippen molar-refractivity contribution in [2.75, 3.05) is 17.2 Å². The molecule has 5 nitrogen and oxygen atoms in total. The summed E-state index contributed by atoms with van der Waals surface area (Å²) in [4.78, 5) is 11.9. The summed E-state index contributed by atoms with van der Waals surface area (Å²) in [6.07, 6.45) is 2.28. The van der Waals surface area contributed by atoms with Gasteiger partial charge in [-0.05, 0) is 72.7 Å². The monoisotopic (exact) mass is 399 g/mol. The summed E-state index contributed by atoms with van der Waals surface area (Å²) in [5.74, 6) is -0.0267. The highest BCUT2D eigenvalue weighted by atomic mass is 35.5. The zero-order valence-electron chi connectivity index (χ0n) is 14.4. The van der Waals surface area contributed by atoms with E-state index in [0.29, 0.717) is 17.3 Å². The molecule has 0 bridgehead atoms. The molecular formula is C20H18ClN3O2S. The predicted molar refractivity (Wildman–Crippen MR) is 112 cm³/mol. The molecule has 0 aliphatic heterocycles. The minimum atomic E-state index is -0.293. The maximum Gasteiger partial charge on any atom is 0.291 e. The summed E-state index contributed by atoms with van der Waals surface area (Å²) in [6, 6.07) is 18.3. The Bertz CT molecular complexity index is 911. The van der Waals surface area contributed by atoms with Crippen LogP contribution in [0.5, 0.6) is 0 Å². The number of hydrogen-bond donors (Lipinski definition) is 3. The molecule has 0 fully saturated rings. The molecule has 3 rings (SSSR count). The number of thiocarbonyl (C=S) groups is 1. The van der Waals surface area contributed by atoms with Crippen molar-refractivity contribution in [3.63, 3.8) is 0 Å². The van der Waals surface area contributed by atoms with Crippen LogP contribution in [0.2, 0.25) is 5.02 Å². The van der Waals surface area contributed by atoms with Gasteiger partial charge in [-0.3, -0.25) is 4.79 Å². The Kier molecular flexibility index (Phi) is 6.46. The number of benzene rings is 2. The smallest absolute Gasteiger partial charge is 0.291 e. The molecule has 0 atom stereocenters. The molecule has 1 heterocycles. The number of carbonyl (C=O) groups is 1. The van der Waals surface area contributed by atoms with Crippen LogP contribution in [0.15, 0.2) is 71.3 Å². The van der Waals surface area contributed by atoms with Gasteiger partial charge in [0.25, 0.3) is 5.91 Å². The first-order valence-electron chi connectivity index (χ1n) is 8.34. The maximum absolute atomic E-state index is 11.9. The second kappa shape index (κ2) is 9.21. The number of rotatable bonds is 6. The molecule has 0 spiro atoms. The molecule has 0 aliphatic rings. The Hall–Kier alpha value is -2.83. The summed E-state index contributed by atoms with van der Waals surface area (Å²) in [7, 11) is 0. The molecule has 0 aliphatic carbocycles. The van der Waals surface area contributed by atoms with E-state index in [4.69, 9.17) is 28.2 Å². The second-order valence-electron chi connectivity index (χ2n) is 5.77. The quantitative estimate of drug-likeness (QED) is 0.523. The molecule has 27 heavy (non-hydrogen) atoms. The number of anilines is 2. The zero-order chi connectivity index (χ0) is 19.1. The molecule has 0 saturated heterocycles.